The Morgan fingerprint density at radius 2 is 2.09 bits per heavy atom. The summed E-state index contributed by atoms with van der Waals surface area (Å²) in [5.41, 5.74) is -0.453. The van der Waals surface area contributed by atoms with Crippen molar-refractivity contribution >= 4 is 6.09 Å². The molecule has 1 fully saturated rings. The van der Waals surface area contributed by atoms with Gasteiger partial charge in [-0.1, -0.05) is 0 Å². The van der Waals surface area contributed by atoms with Crippen LogP contribution < -0.4 is 5.32 Å². The predicted octanol–water partition coefficient (Wildman–Crippen LogP) is 3.30. The van der Waals surface area contributed by atoms with Crippen molar-refractivity contribution in [3.8, 4) is 6.07 Å². The number of rotatable bonds is 5. The molecule has 1 aliphatic heterocycles. The summed E-state index contributed by atoms with van der Waals surface area (Å²) < 4.78 is 5.53. The minimum atomic E-state index is -0.453. The van der Waals surface area contributed by atoms with Crippen LogP contribution in [0.15, 0.2) is 0 Å². The molecule has 0 aromatic heterocycles. The molecular weight excluding hydrogens is 278 g/mol. The summed E-state index contributed by atoms with van der Waals surface area (Å²) in [6.07, 6.45) is 3.93. The van der Waals surface area contributed by atoms with Crippen LogP contribution in [-0.2, 0) is 4.74 Å². The van der Waals surface area contributed by atoms with Gasteiger partial charge in [0.2, 0.25) is 0 Å². The quantitative estimate of drug-likeness (QED) is 0.846. The molecule has 0 aromatic rings. The van der Waals surface area contributed by atoms with Crippen LogP contribution in [0.1, 0.15) is 60.3 Å². The van der Waals surface area contributed by atoms with E-state index in [4.69, 9.17) is 10.00 Å². The number of hydrogen-bond acceptors (Lipinski definition) is 4. The number of amides is 1. The van der Waals surface area contributed by atoms with Gasteiger partial charge in [-0.15, -0.1) is 0 Å². The van der Waals surface area contributed by atoms with E-state index in [2.05, 4.69) is 18.3 Å². The van der Waals surface area contributed by atoms with Crippen LogP contribution in [0.2, 0.25) is 0 Å². The van der Waals surface area contributed by atoms with Crippen molar-refractivity contribution in [2.75, 3.05) is 13.1 Å². The molecule has 3 atom stereocenters. The monoisotopic (exact) mass is 309 g/mol. The smallest absolute Gasteiger partial charge is 0.410 e. The minimum absolute atomic E-state index is 0.00997. The Bertz CT molecular complexity index is 398. The van der Waals surface area contributed by atoms with Crippen LogP contribution >= 0.6 is 0 Å². The van der Waals surface area contributed by atoms with Gasteiger partial charge in [-0.2, -0.15) is 5.26 Å². The maximum atomic E-state index is 12.4. The molecule has 0 bridgehead atoms. The minimum Gasteiger partial charge on any atom is -0.444 e. The summed E-state index contributed by atoms with van der Waals surface area (Å²) in [4.78, 5) is 14.2. The first-order valence-corrected chi connectivity index (χ1v) is 8.35. The summed E-state index contributed by atoms with van der Waals surface area (Å²) in [5, 5.41) is 12.2. The first-order valence-electron chi connectivity index (χ1n) is 8.35. The topological polar surface area (TPSA) is 65.4 Å². The number of ether oxygens (including phenoxy) is 1. The van der Waals surface area contributed by atoms with Crippen LogP contribution in [0.25, 0.3) is 0 Å². The molecule has 0 aromatic carbocycles. The average Bonchev–Trinajstić information content (AvgIpc) is 2.43. The average molecular weight is 309 g/mol. The number of carbonyl (C=O) groups excluding carboxylic acids is 1. The van der Waals surface area contributed by atoms with E-state index in [0.717, 1.165) is 32.2 Å². The van der Waals surface area contributed by atoms with E-state index in [1.807, 2.05) is 32.6 Å². The van der Waals surface area contributed by atoms with Gasteiger partial charge in [0.1, 0.15) is 5.60 Å². The van der Waals surface area contributed by atoms with Crippen molar-refractivity contribution in [1.82, 2.24) is 10.2 Å². The molecule has 0 spiro atoms. The molecule has 3 unspecified atom stereocenters. The molecule has 1 amide bonds. The summed E-state index contributed by atoms with van der Waals surface area (Å²) in [7, 11) is 0. The molecule has 1 aliphatic rings. The summed E-state index contributed by atoms with van der Waals surface area (Å²) >= 11 is 0. The van der Waals surface area contributed by atoms with Gasteiger partial charge in [-0.25, -0.2) is 4.79 Å². The van der Waals surface area contributed by atoms with Crippen molar-refractivity contribution in [1.29, 1.82) is 5.26 Å². The normalized spacial score (nSPS) is 21.8. The summed E-state index contributed by atoms with van der Waals surface area (Å²) in [6.45, 7) is 11.2. The lowest BCUT2D eigenvalue weighted by Crippen LogP contribution is -2.48. The third kappa shape index (κ3) is 6.65. The SMILES string of the molecule is CC(C#N)CNC(C)CC1CCCCN1C(=O)OC(C)(C)C. The fourth-order valence-electron chi connectivity index (χ4n) is 2.72. The van der Waals surface area contributed by atoms with Gasteiger partial charge in [0.15, 0.2) is 0 Å². The molecule has 5 nitrogen and oxygen atoms in total. The van der Waals surface area contributed by atoms with Gasteiger partial charge in [0.25, 0.3) is 0 Å². The van der Waals surface area contributed by atoms with Crippen LogP contribution in [0, 0.1) is 17.2 Å². The second-order valence-electron chi connectivity index (χ2n) is 7.40. The number of nitrogens with one attached hydrogen (secondary N) is 1. The Labute approximate surface area is 135 Å². The molecule has 0 saturated carbocycles. The van der Waals surface area contributed by atoms with E-state index in [1.54, 1.807) is 0 Å². The zero-order valence-corrected chi connectivity index (χ0v) is 14.7. The van der Waals surface area contributed by atoms with Gasteiger partial charge in [0.05, 0.1) is 12.0 Å². The summed E-state index contributed by atoms with van der Waals surface area (Å²) in [6, 6.07) is 2.74. The molecule has 1 heterocycles. The number of nitriles is 1. The Hall–Kier alpha value is -1.28. The lowest BCUT2D eigenvalue weighted by molar-refractivity contribution is 0.00789. The molecule has 1 saturated heterocycles. The second-order valence-corrected chi connectivity index (χ2v) is 7.40. The Balaban J connectivity index is 2.54. The highest BCUT2D eigenvalue weighted by Crippen LogP contribution is 2.23. The molecule has 22 heavy (non-hydrogen) atoms. The zero-order chi connectivity index (χ0) is 16.8. The van der Waals surface area contributed by atoms with Crippen molar-refractivity contribution in [3.63, 3.8) is 0 Å². The Morgan fingerprint density at radius 3 is 2.68 bits per heavy atom. The fraction of sp³-hybridized carbons (Fsp3) is 0.882. The van der Waals surface area contributed by atoms with Crippen LogP contribution in [0.4, 0.5) is 4.79 Å². The third-order valence-electron chi connectivity index (χ3n) is 3.87. The second kappa shape index (κ2) is 8.38. The number of nitrogens with zero attached hydrogens (tertiary/aromatic N) is 2. The van der Waals surface area contributed by atoms with E-state index in [9.17, 15) is 4.79 Å². The number of carbonyl (C=O) groups is 1. The molecular formula is C17H31N3O2. The van der Waals surface area contributed by atoms with Gasteiger partial charge in [0, 0.05) is 25.2 Å². The van der Waals surface area contributed by atoms with Gasteiger partial charge in [-0.05, 0) is 60.3 Å². The number of hydrogen-bond donors (Lipinski definition) is 1. The maximum Gasteiger partial charge on any atom is 0.410 e. The van der Waals surface area contributed by atoms with Crippen molar-refractivity contribution in [3.05, 3.63) is 0 Å². The van der Waals surface area contributed by atoms with Crippen molar-refractivity contribution < 1.29 is 9.53 Å². The first-order chi connectivity index (χ1) is 10.2. The molecule has 0 aliphatic carbocycles. The van der Waals surface area contributed by atoms with Crippen LogP contribution in [0.5, 0.6) is 0 Å². The molecule has 126 valence electrons. The van der Waals surface area contributed by atoms with E-state index in [0.29, 0.717) is 6.54 Å². The largest absolute Gasteiger partial charge is 0.444 e. The summed E-state index contributed by atoms with van der Waals surface area (Å²) in [5.74, 6) is 0.00997. The lowest BCUT2D eigenvalue weighted by Gasteiger charge is -2.38. The molecule has 5 heteroatoms. The number of likely N-dealkylation sites (tertiary alicyclic amines) is 1. The predicted molar refractivity (Wildman–Crippen MR) is 87.4 cm³/mol. The lowest BCUT2D eigenvalue weighted by atomic mass is 9.96. The first kappa shape index (κ1) is 18.8. The molecule has 1 N–H and O–H groups in total. The van der Waals surface area contributed by atoms with Gasteiger partial charge in [-0.3, -0.25) is 0 Å². The maximum absolute atomic E-state index is 12.4. The number of piperidine rings is 1. The highest BCUT2D eigenvalue weighted by atomic mass is 16.6. The Kier molecular flexibility index (Phi) is 7.15. The fourth-order valence-corrected chi connectivity index (χ4v) is 2.72. The van der Waals surface area contributed by atoms with Crippen LogP contribution in [-0.4, -0.2) is 41.8 Å². The molecule has 1 rings (SSSR count). The van der Waals surface area contributed by atoms with Crippen molar-refractivity contribution in [2.24, 2.45) is 5.92 Å². The van der Waals surface area contributed by atoms with E-state index >= 15 is 0 Å². The highest BCUT2D eigenvalue weighted by Gasteiger charge is 2.31. The third-order valence-corrected chi connectivity index (χ3v) is 3.87. The highest BCUT2D eigenvalue weighted by molar-refractivity contribution is 5.68. The van der Waals surface area contributed by atoms with Crippen molar-refractivity contribution in [2.45, 2.75) is 78.0 Å². The Morgan fingerprint density at radius 1 is 1.41 bits per heavy atom. The van der Waals surface area contributed by atoms with Gasteiger partial charge < -0.3 is 15.0 Å². The zero-order valence-electron chi connectivity index (χ0n) is 14.7. The van der Waals surface area contributed by atoms with E-state index in [1.165, 1.54) is 0 Å². The molecule has 0 radical (unpaired) electrons. The van der Waals surface area contributed by atoms with Crippen LogP contribution in [0.3, 0.4) is 0 Å². The standard InChI is InChI=1S/C17H31N3O2/c1-13(11-18)12-19-14(2)10-15-8-6-7-9-20(15)16(21)22-17(3,4)5/h13-15,19H,6-10,12H2,1-5H3. The van der Waals surface area contributed by atoms with E-state index in [-0.39, 0.29) is 24.1 Å². The van der Waals surface area contributed by atoms with Gasteiger partial charge >= 0.3 is 6.09 Å². The van der Waals surface area contributed by atoms with E-state index < -0.39 is 5.60 Å².